The van der Waals surface area contributed by atoms with E-state index in [1.165, 1.54) is 19.2 Å². The van der Waals surface area contributed by atoms with Crippen LogP contribution >= 0.6 is 11.3 Å². The number of rotatable bonds is 3. The van der Waals surface area contributed by atoms with E-state index < -0.39 is 12.6 Å². The molecule has 0 aromatic carbocycles. The van der Waals surface area contributed by atoms with Crippen molar-refractivity contribution in [2.75, 3.05) is 37.6 Å². The summed E-state index contributed by atoms with van der Waals surface area (Å²) in [4.78, 5) is 26.2. The number of hydrogen-bond donors (Lipinski definition) is 1. The molecule has 1 atom stereocenters. The fraction of sp³-hybridized carbons (Fsp3) is 0.650. The number of aromatic nitrogens is 2. The summed E-state index contributed by atoms with van der Waals surface area (Å²) >= 11 is 1.08. The van der Waals surface area contributed by atoms with Gasteiger partial charge in [-0.2, -0.15) is 13.2 Å². The Bertz CT molecular complexity index is 1020. The van der Waals surface area contributed by atoms with Crippen molar-refractivity contribution in [1.82, 2.24) is 20.2 Å². The van der Waals surface area contributed by atoms with Crippen LogP contribution in [0.4, 0.5) is 19.0 Å². The molecule has 1 aliphatic carbocycles. The lowest BCUT2D eigenvalue weighted by molar-refractivity contribution is -0.147. The molecule has 30 heavy (non-hydrogen) atoms. The highest BCUT2D eigenvalue weighted by Crippen LogP contribution is 2.52. The van der Waals surface area contributed by atoms with Crippen LogP contribution < -0.4 is 10.2 Å². The number of carbonyl (C=O) groups excluding carboxylic acids is 1. The highest BCUT2D eigenvalue weighted by molar-refractivity contribution is 7.18. The SMILES string of the molecule is O=C(C1CC2(CC2)CN1)N1CC2(C1)CN(c1ncnc3sc(CC(F)(F)F)cc13)C2. The summed E-state index contributed by atoms with van der Waals surface area (Å²) in [5, 5.41) is 4.09. The standard InChI is InChI=1S/C20H22F3N5OS/c21-20(22,23)4-12-3-13-15(25-11-26-16(13)30-12)27-7-19(8-27)9-28(10-19)17(29)14-5-18(1-2-18)6-24-14/h3,11,14,24H,1-2,4-10H2. The van der Waals surface area contributed by atoms with Gasteiger partial charge in [-0.1, -0.05) is 0 Å². The maximum atomic E-state index is 12.8. The van der Waals surface area contributed by atoms with Gasteiger partial charge in [0.05, 0.1) is 17.8 Å². The first-order valence-electron chi connectivity index (χ1n) is 10.3. The lowest BCUT2D eigenvalue weighted by atomic mass is 9.72. The molecule has 160 valence electrons. The molecule has 4 aliphatic rings. The van der Waals surface area contributed by atoms with Crippen molar-refractivity contribution in [2.45, 2.75) is 37.9 Å². The third-order valence-corrected chi connectivity index (χ3v) is 8.11. The number of nitrogens with one attached hydrogen (secondary N) is 1. The second kappa shape index (κ2) is 6.06. The smallest absolute Gasteiger partial charge is 0.354 e. The molecule has 1 amide bonds. The lowest BCUT2D eigenvalue weighted by Gasteiger charge is -2.60. The normalized spacial score (nSPS) is 26.3. The molecule has 10 heteroatoms. The number of likely N-dealkylation sites (tertiary alicyclic amines) is 1. The Morgan fingerprint density at radius 3 is 2.63 bits per heavy atom. The van der Waals surface area contributed by atoms with Crippen molar-refractivity contribution in [3.63, 3.8) is 0 Å². The second-order valence-corrected chi connectivity index (χ2v) is 10.7. The van der Waals surface area contributed by atoms with Gasteiger partial charge in [0.25, 0.3) is 0 Å². The summed E-state index contributed by atoms with van der Waals surface area (Å²) < 4.78 is 38.2. The van der Waals surface area contributed by atoms with Crippen LogP contribution in [-0.4, -0.2) is 65.7 Å². The molecule has 0 radical (unpaired) electrons. The molecule has 2 aromatic rings. The van der Waals surface area contributed by atoms with E-state index in [2.05, 4.69) is 20.2 Å². The Morgan fingerprint density at radius 1 is 1.20 bits per heavy atom. The van der Waals surface area contributed by atoms with Gasteiger partial charge in [0.15, 0.2) is 0 Å². The van der Waals surface area contributed by atoms with Gasteiger partial charge >= 0.3 is 6.18 Å². The van der Waals surface area contributed by atoms with Gasteiger partial charge in [-0.25, -0.2) is 9.97 Å². The minimum Gasteiger partial charge on any atom is -0.354 e. The second-order valence-electron chi connectivity index (χ2n) is 9.61. The van der Waals surface area contributed by atoms with Gasteiger partial charge < -0.3 is 15.1 Å². The molecule has 1 N–H and O–H groups in total. The van der Waals surface area contributed by atoms with Crippen molar-refractivity contribution in [2.24, 2.45) is 10.8 Å². The molecule has 1 unspecified atom stereocenters. The average Bonchev–Trinajstić information content (AvgIpc) is 3.03. The molecule has 0 bridgehead atoms. The van der Waals surface area contributed by atoms with E-state index in [1.807, 2.05) is 4.90 Å². The average molecular weight is 437 g/mol. The van der Waals surface area contributed by atoms with Crippen LogP contribution in [0.3, 0.4) is 0 Å². The number of halogens is 3. The van der Waals surface area contributed by atoms with Crippen LogP contribution in [0.2, 0.25) is 0 Å². The fourth-order valence-corrected chi connectivity index (χ4v) is 6.35. The van der Waals surface area contributed by atoms with Crippen molar-refractivity contribution < 1.29 is 18.0 Å². The molecular weight excluding hydrogens is 415 g/mol. The van der Waals surface area contributed by atoms with Gasteiger partial charge in [-0.15, -0.1) is 11.3 Å². The van der Waals surface area contributed by atoms with E-state index in [-0.39, 0.29) is 22.2 Å². The summed E-state index contributed by atoms with van der Waals surface area (Å²) in [6.45, 7) is 4.02. The highest BCUT2D eigenvalue weighted by atomic mass is 32.1. The maximum Gasteiger partial charge on any atom is 0.393 e. The minimum atomic E-state index is -4.23. The van der Waals surface area contributed by atoms with Gasteiger partial charge in [0.1, 0.15) is 17.0 Å². The third-order valence-electron chi connectivity index (χ3n) is 7.07. The van der Waals surface area contributed by atoms with Crippen LogP contribution in [0.5, 0.6) is 0 Å². The Morgan fingerprint density at radius 2 is 1.97 bits per heavy atom. The molecule has 6 nitrogen and oxygen atoms in total. The highest BCUT2D eigenvalue weighted by Gasteiger charge is 2.56. The molecule has 2 spiro atoms. The Labute approximate surface area is 175 Å². The summed E-state index contributed by atoms with van der Waals surface area (Å²) in [6.07, 6.45) is -0.298. The topological polar surface area (TPSA) is 61.4 Å². The van der Waals surface area contributed by atoms with Crippen molar-refractivity contribution in [3.8, 4) is 0 Å². The molecular formula is C20H22F3N5OS. The van der Waals surface area contributed by atoms with E-state index in [1.54, 1.807) is 6.07 Å². The first-order chi connectivity index (χ1) is 14.2. The summed E-state index contributed by atoms with van der Waals surface area (Å²) in [6, 6.07) is 1.55. The van der Waals surface area contributed by atoms with Crippen LogP contribution in [0.25, 0.3) is 10.2 Å². The van der Waals surface area contributed by atoms with E-state index in [0.29, 0.717) is 21.4 Å². The van der Waals surface area contributed by atoms with Crippen LogP contribution in [0.15, 0.2) is 12.4 Å². The van der Waals surface area contributed by atoms with Crippen LogP contribution in [0, 0.1) is 10.8 Å². The Kier molecular flexibility index (Phi) is 3.80. The number of nitrogens with zero attached hydrogens (tertiary/aromatic N) is 4. The third kappa shape index (κ3) is 3.07. The predicted molar refractivity (Wildman–Crippen MR) is 106 cm³/mol. The van der Waals surface area contributed by atoms with Crippen molar-refractivity contribution >= 4 is 33.3 Å². The van der Waals surface area contributed by atoms with Crippen molar-refractivity contribution in [1.29, 1.82) is 0 Å². The number of fused-ring (bicyclic) bond motifs is 1. The van der Waals surface area contributed by atoms with Crippen LogP contribution in [0.1, 0.15) is 24.1 Å². The summed E-state index contributed by atoms with van der Waals surface area (Å²) in [7, 11) is 0. The van der Waals surface area contributed by atoms with E-state index in [4.69, 9.17) is 0 Å². The minimum absolute atomic E-state index is 0.0274. The number of hydrogen-bond acceptors (Lipinski definition) is 6. The Hall–Kier alpha value is -1.94. The van der Waals surface area contributed by atoms with Gasteiger partial charge in [-0.3, -0.25) is 4.79 Å². The number of carbonyl (C=O) groups is 1. The number of anilines is 1. The first-order valence-corrected chi connectivity index (χ1v) is 11.1. The van der Waals surface area contributed by atoms with Crippen LogP contribution in [-0.2, 0) is 11.2 Å². The lowest BCUT2D eigenvalue weighted by Crippen LogP contribution is -2.74. The molecule has 3 aliphatic heterocycles. The Balaban J connectivity index is 1.10. The number of alkyl halides is 3. The predicted octanol–water partition coefficient (Wildman–Crippen LogP) is 2.59. The first kappa shape index (κ1) is 18.8. The van der Waals surface area contributed by atoms with Gasteiger partial charge in [0.2, 0.25) is 5.91 Å². The van der Waals surface area contributed by atoms with E-state index in [9.17, 15) is 18.0 Å². The molecule has 4 fully saturated rings. The van der Waals surface area contributed by atoms with Gasteiger partial charge in [0, 0.05) is 43.0 Å². The zero-order valence-corrected chi connectivity index (χ0v) is 17.2. The number of thiophene rings is 1. The number of amides is 1. The molecule has 3 saturated heterocycles. The zero-order chi connectivity index (χ0) is 20.7. The van der Waals surface area contributed by atoms with Gasteiger partial charge in [-0.05, 0) is 30.7 Å². The molecule has 6 rings (SSSR count). The quantitative estimate of drug-likeness (QED) is 0.800. The molecule has 5 heterocycles. The van der Waals surface area contributed by atoms with E-state index >= 15 is 0 Å². The largest absolute Gasteiger partial charge is 0.393 e. The molecule has 1 saturated carbocycles. The monoisotopic (exact) mass is 437 g/mol. The summed E-state index contributed by atoms with van der Waals surface area (Å²) in [5.41, 5.74) is 0.494. The fourth-order valence-electron chi connectivity index (χ4n) is 5.33. The van der Waals surface area contributed by atoms with Crippen molar-refractivity contribution in [3.05, 3.63) is 17.3 Å². The summed E-state index contributed by atoms with van der Waals surface area (Å²) in [5.74, 6) is 0.926. The molecule has 2 aromatic heterocycles. The zero-order valence-electron chi connectivity index (χ0n) is 16.3. The maximum absolute atomic E-state index is 12.8. The van der Waals surface area contributed by atoms with E-state index in [0.717, 1.165) is 50.5 Å².